The van der Waals surface area contributed by atoms with Crippen LogP contribution in [0.15, 0.2) is 48.5 Å². The molecule has 21 heavy (non-hydrogen) atoms. The average molecular weight is 283 g/mol. The molecular weight excluding hydrogens is 258 g/mol. The zero-order valence-electron chi connectivity index (χ0n) is 13.4. The van der Waals surface area contributed by atoms with Crippen LogP contribution in [-0.4, -0.2) is 14.2 Å². The maximum absolute atomic E-state index is 5.49. The average Bonchev–Trinajstić information content (AvgIpc) is 2.49. The van der Waals surface area contributed by atoms with Crippen LogP contribution in [0.25, 0.3) is 0 Å². The van der Waals surface area contributed by atoms with Gasteiger partial charge in [-0.15, -0.1) is 0 Å². The topological polar surface area (TPSA) is 21.3 Å². The first-order chi connectivity index (χ1) is 10.2. The molecule has 0 saturated carbocycles. The normalized spacial score (nSPS) is 12.4. The number of methoxy groups -OCH3 is 1. The summed E-state index contributed by atoms with van der Waals surface area (Å²) >= 11 is 0. The number of hydrogen-bond donors (Lipinski definition) is 1. The van der Waals surface area contributed by atoms with Crippen molar-refractivity contribution in [3.8, 4) is 5.75 Å². The summed E-state index contributed by atoms with van der Waals surface area (Å²) in [4.78, 5) is 0. The van der Waals surface area contributed by atoms with Crippen molar-refractivity contribution < 1.29 is 4.74 Å². The Labute approximate surface area is 128 Å². The highest BCUT2D eigenvalue weighted by atomic mass is 16.5. The van der Waals surface area contributed by atoms with E-state index in [1.54, 1.807) is 7.11 Å². The predicted octanol–water partition coefficient (Wildman–Crippen LogP) is 4.20. The second-order valence-electron chi connectivity index (χ2n) is 5.80. The number of hydrogen-bond acceptors (Lipinski definition) is 2. The quantitative estimate of drug-likeness (QED) is 0.857. The van der Waals surface area contributed by atoms with Gasteiger partial charge in [-0.1, -0.05) is 56.3 Å². The summed E-state index contributed by atoms with van der Waals surface area (Å²) in [5.41, 5.74) is 3.82. The van der Waals surface area contributed by atoms with Crippen LogP contribution in [0, 0.1) is 5.92 Å². The zero-order chi connectivity index (χ0) is 15.2. The van der Waals surface area contributed by atoms with Crippen LogP contribution in [0.3, 0.4) is 0 Å². The van der Waals surface area contributed by atoms with E-state index in [1.165, 1.54) is 16.7 Å². The van der Waals surface area contributed by atoms with Crippen molar-refractivity contribution in [2.24, 2.45) is 5.92 Å². The van der Waals surface area contributed by atoms with Crippen LogP contribution >= 0.6 is 0 Å². The number of rotatable bonds is 6. The lowest BCUT2D eigenvalue weighted by atomic mass is 9.95. The van der Waals surface area contributed by atoms with E-state index in [2.05, 4.69) is 55.6 Å². The van der Waals surface area contributed by atoms with Gasteiger partial charge in [-0.3, -0.25) is 0 Å². The van der Waals surface area contributed by atoms with Crippen molar-refractivity contribution in [2.45, 2.75) is 26.3 Å². The highest BCUT2D eigenvalue weighted by Gasteiger charge is 2.15. The molecule has 2 nitrogen and oxygen atoms in total. The van der Waals surface area contributed by atoms with E-state index in [1.807, 2.05) is 19.2 Å². The van der Waals surface area contributed by atoms with Crippen molar-refractivity contribution in [3.05, 3.63) is 65.2 Å². The van der Waals surface area contributed by atoms with Gasteiger partial charge in [-0.05, 0) is 36.6 Å². The molecule has 0 aliphatic rings. The van der Waals surface area contributed by atoms with Gasteiger partial charge in [0.1, 0.15) is 5.75 Å². The molecule has 0 saturated heterocycles. The third-order valence-corrected chi connectivity index (χ3v) is 3.70. The zero-order valence-corrected chi connectivity index (χ0v) is 13.4. The van der Waals surface area contributed by atoms with E-state index in [0.29, 0.717) is 5.92 Å². The molecule has 0 fully saturated rings. The Morgan fingerprint density at radius 2 is 1.67 bits per heavy atom. The molecule has 1 unspecified atom stereocenters. The van der Waals surface area contributed by atoms with Gasteiger partial charge in [0.2, 0.25) is 0 Å². The lowest BCUT2D eigenvalue weighted by Crippen LogP contribution is -2.18. The minimum Gasteiger partial charge on any atom is -0.496 e. The molecule has 0 heterocycles. The standard InChI is InChI=1S/C19H25NO/c1-14(2)13-15-9-11-16(12-10-15)19(20-3)17-7-5-6-8-18(17)21-4/h5-12,14,19-20H,13H2,1-4H3. The Morgan fingerprint density at radius 3 is 2.24 bits per heavy atom. The van der Waals surface area contributed by atoms with Crippen LogP contribution in [0.1, 0.15) is 36.6 Å². The molecule has 0 radical (unpaired) electrons. The van der Waals surface area contributed by atoms with Gasteiger partial charge >= 0.3 is 0 Å². The van der Waals surface area contributed by atoms with E-state index in [4.69, 9.17) is 4.74 Å². The van der Waals surface area contributed by atoms with Crippen molar-refractivity contribution in [2.75, 3.05) is 14.2 Å². The Balaban J connectivity index is 2.29. The van der Waals surface area contributed by atoms with Crippen molar-refractivity contribution in [3.63, 3.8) is 0 Å². The molecule has 2 heteroatoms. The third-order valence-electron chi connectivity index (χ3n) is 3.70. The van der Waals surface area contributed by atoms with E-state index < -0.39 is 0 Å². The second-order valence-corrected chi connectivity index (χ2v) is 5.80. The summed E-state index contributed by atoms with van der Waals surface area (Å²) in [5, 5.41) is 3.39. The number of para-hydroxylation sites is 1. The lowest BCUT2D eigenvalue weighted by molar-refractivity contribution is 0.405. The first kappa shape index (κ1) is 15.6. The van der Waals surface area contributed by atoms with E-state index >= 15 is 0 Å². The third kappa shape index (κ3) is 3.85. The molecule has 0 spiro atoms. The second kappa shape index (κ2) is 7.28. The fraction of sp³-hybridized carbons (Fsp3) is 0.368. The molecule has 2 aromatic rings. The fourth-order valence-electron chi connectivity index (χ4n) is 2.72. The summed E-state index contributed by atoms with van der Waals surface area (Å²) in [6.45, 7) is 4.50. The SMILES string of the molecule is CNC(c1ccc(CC(C)C)cc1)c1ccccc1OC. The highest BCUT2D eigenvalue weighted by Crippen LogP contribution is 2.29. The minimum absolute atomic E-state index is 0.147. The molecule has 0 aliphatic carbocycles. The van der Waals surface area contributed by atoms with E-state index in [-0.39, 0.29) is 6.04 Å². The maximum atomic E-state index is 5.49. The van der Waals surface area contributed by atoms with Crippen molar-refractivity contribution >= 4 is 0 Å². The van der Waals surface area contributed by atoms with Gasteiger partial charge < -0.3 is 10.1 Å². The molecule has 1 N–H and O–H groups in total. The van der Waals surface area contributed by atoms with E-state index in [9.17, 15) is 0 Å². The largest absolute Gasteiger partial charge is 0.496 e. The fourth-order valence-corrected chi connectivity index (χ4v) is 2.72. The first-order valence-corrected chi connectivity index (χ1v) is 7.54. The molecule has 0 amide bonds. The summed E-state index contributed by atoms with van der Waals surface area (Å²) in [5.74, 6) is 1.60. The van der Waals surface area contributed by atoms with Gasteiger partial charge in [0, 0.05) is 5.56 Å². The van der Waals surface area contributed by atoms with Gasteiger partial charge in [-0.2, -0.15) is 0 Å². The molecular formula is C19H25NO. The Hall–Kier alpha value is -1.80. The summed E-state index contributed by atoms with van der Waals surface area (Å²) in [6.07, 6.45) is 1.12. The summed E-state index contributed by atoms with van der Waals surface area (Å²) < 4.78 is 5.49. The smallest absolute Gasteiger partial charge is 0.123 e. The van der Waals surface area contributed by atoms with Gasteiger partial charge in [0.25, 0.3) is 0 Å². The first-order valence-electron chi connectivity index (χ1n) is 7.54. The predicted molar refractivity (Wildman–Crippen MR) is 88.9 cm³/mol. The van der Waals surface area contributed by atoms with Gasteiger partial charge in [-0.25, -0.2) is 0 Å². The van der Waals surface area contributed by atoms with E-state index in [0.717, 1.165) is 12.2 Å². The Bertz CT molecular complexity index is 560. The number of ether oxygens (including phenoxy) is 1. The molecule has 1 atom stereocenters. The van der Waals surface area contributed by atoms with Crippen LogP contribution in [0.2, 0.25) is 0 Å². The Morgan fingerprint density at radius 1 is 1.00 bits per heavy atom. The molecule has 0 bridgehead atoms. The van der Waals surface area contributed by atoms with Crippen molar-refractivity contribution in [1.82, 2.24) is 5.32 Å². The lowest BCUT2D eigenvalue weighted by Gasteiger charge is -2.20. The molecule has 112 valence electrons. The van der Waals surface area contributed by atoms with Crippen LogP contribution < -0.4 is 10.1 Å². The van der Waals surface area contributed by atoms with Gasteiger partial charge in [0.15, 0.2) is 0 Å². The van der Waals surface area contributed by atoms with Crippen LogP contribution in [0.5, 0.6) is 5.75 Å². The summed E-state index contributed by atoms with van der Waals surface area (Å²) in [6, 6.07) is 17.2. The summed E-state index contributed by atoms with van der Waals surface area (Å²) in [7, 11) is 3.70. The maximum Gasteiger partial charge on any atom is 0.123 e. The monoisotopic (exact) mass is 283 g/mol. The molecule has 0 aromatic heterocycles. The number of benzene rings is 2. The minimum atomic E-state index is 0.147. The Kier molecular flexibility index (Phi) is 5.40. The van der Waals surface area contributed by atoms with Crippen LogP contribution in [-0.2, 0) is 6.42 Å². The number of nitrogens with one attached hydrogen (secondary N) is 1. The molecule has 2 aromatic carbocycles. The highest BCUT2D eigenvalue weighted by molar-refractivity contribution is 5.42. The van der Waals surface area contributed by atoms with Crippen molar-refractivity contribution in [1.29, 1.82) is 0 Å². The van der Waals surface area contributed by atoms with Gasteiger partial charge in [0.05, 0.1) is 13.2 Å². The molecule has 2 rings (SSSR count). The molecule has 0 aliphatic heterocycles. The van der Waals surface area contributed by atoms with Crippen LogP contribution in [0.4, 0.5) is 0 Å².